The molecular formula is C17H17N5OS. The number of phenolic OH excluding ortho intramolecular Hbond substituents is 1. The van der Waals surface area contributed by atoms with Gasteiger partial charge in [0.2, 0.25) is 11.9 Å². The van der Waals surface area contributed by atoms with Gasteiger partial charge in [0.25, 0.3) is 0 Å². The van der Waals surface area contributed by atoms with E-state index in [4.69, 9.17) is 5.73 Å². The highest BCUT2D eigenvalue weighted by atomic mass is 32.2. The number of aromatic hydroxyl groups is 1. The lowest BCUT2D eigenvalue weighted by atomic mass is 10.2. The van der Waals surface area contributed by atoms with Crippen molar-refractivity contribution in [1.29, 1.82) is 0 Å². The van der Waals surface area contributed by atoms with E-state index in [1.54, 1.807) is 23.9 Å². The number of phenols is 1. The van der Waals surface area contributed by atoms with E-state index in [0.717, 1.165) is 16.1 Å². The number of anilines is 3. The highest BCUT2D eigenvalue weighted by Gasteiger charge is 2.07. The van der Waals surface area contributed by atoms with Gasteiger partial charge in [-0.3, -0.25) is 0 Å². The number of nitrogens with zero attached hydrogens (tertiary/aromatic N) is 3. The molecule has 0 atom stereocenters. The Labute approximate surface area is 144 Å². The standard InChI is InChI=1S/C17H17N5OS/c1-11-4-2-3-5-14(11)19-17-21-15(20-16(18)22-17)10-24-13-8-6-12(23)7-9-13/h2-9,23H,10H2,1H3,(H3,18,19,20,21,22). The van der Waals surface area contributed by atoms with Crippen molar-refractivity contribution in [1.82, 2.24) is 15.0 Å². The molecule has 0 radical (unpaired) electrons. The van der Waals surface area contributed by atoms with Crippen LogP contribution in [0.3, 0.4) is 0 Å². The predicted molar refractivity (Wildman–Crippen MR) is 96.4 cm³/mol. The summed E-state index contributed by atoms with van der Waals surface area (Å²) < 4.78 is 0. The molecule has 3 rings (SSSR count). The van der Waals surface area contributed by atoms with Crippen LogP contribution in [0.15, 0.2) is 53.4 Å². The summed E-state index contributed by atoms with van der Waals surface area (Å²) in [7, 11) is 0. The number of benzene rings is 2. The van der Waals surface area contributed by atoms with Crippen molar-refractivity contribution < 1.29 is 5.11 Å². The second-order valence-electron chi connectivity index (χ2n) is 5.16. The van der Waals surface area contributed by atoms with Crippen LogP contribution >= 0.6 is 11.8 Å². The lowest BCUT2D eigenvalue weighted by Crippen LogP contribution is -2.07. The Hall–Kier alpha value is -2.80. The maximum absolute atomic E-state index is 9.31. The quantitative estimate of drug-likeness (QED) is 0.612. The fourth-order valence-corrected chi connectivity index (χ4v) is 2.84. The number of aryl methyl sites for hydroxylation is 1. The van der Waals surface area contributed by atoms with E-state index in [1.165, 1.54) is 0 Å². The molecule has 0 unspecified atom stereocenters. The largest absolute Gasteiger partial charge is 0.508 e. The fourth-order valence-electron chi connectivity index (χ4n) is 2.08. The van der Waals surface area contributed by atoms with E-state index in [0.29, 0.717) is 17.5 Å². The Morgan fingerprint density at radius 1 is 1.04 bits per heavy atom. The van der Waals surface area contributed by atoms with Crippen LogP contribution in [0.4, 0.5) is 17.6 Å². The number of hydrogen-bond acceptors (Lipinski definition) is 7. The SMILES string of the molecule is Cc1ccccc1Nc1nc(N)nc(CSc2ccc(O)cc2)n1. The molecule has 0 aliphatic carbocycles. The molecule has 4 N–H and O–H groups in total. The zero-order chi connectivity index (χ0) is 16.9. The van der Waals surface area contributed by atoms with Gasteiger partial charge in [-0.2, -0.15) is 15.0 Å². The van der Waals surface area contributed by atoms with Crippen molar-refractivity contribution in [2.45, 2.75) is 17.6 Å². The maximum Gasteiger partial charge on any atom is 0.232 e. The van der Waals surface area contributed by atoms with Crippen LogP contribution in [0.1, 0.15) is 11.4 Å². The first-order valence-electron chi connectivity index (χ1n) is 7.35. The van der Waals surface area contributed by atoms with Gasteiger partial charge in [-0.05, 0) is 42.8 Å². The highest BCUT2D eigenvalue weighted by Crippen LogP contribution is 2.24. The summed E-state index contributed by atoms with van der Waals surface area (Å²) in [5.41, 5.74) is 7.82. The number of rotatable bonds is 5. The summed E-state index contributed by atoms with van der Waals surface area (Å²) in [6.07, 6.45) is 0. The van der Waals surface area contributed by atoms with Gasteiger partial charge >= 0.3 is 0 Å². The van der Waals surface area contributed by atoms with Crippen molar-refractivity contribution in [2.75, 3.05) is 11.1 Å². The molecule has 0 saturated heterocycles. The molecule has 0 aliphatic rings. The summed E-state index contributed by atoms with van der Waals surface area (Å²) in [5, 5.41) is 12.5. The monoisotopic (exact) mass is 339 g/mol. The zero-order valence-corrected chi connectivity index (χ0v) is 13.9. The number of hydrogen-bond donors (Lipinski definition) is 3. The van der Waals surface area contributed by atoms with E-state index in [9.17, 15) is 5.11 Å². The van der Waals surface area contributed by atoms with Crippen molar-refractivity contribution in [2.24, 2.45) is 0 Å². The summed E-state index contributed by atoms with van der Waals surface area (Å²) in [6.45, 7) is 2.01. The van der Waals surface area contributed by atoms with Gasteiger partial charge in [-0.15, -0.1) is 11.8 Å². The van der Waals surface area contributed by atoms with E-state index in [1.807, 2.05) is 43.3 Å². The van der Waals surface area contributed by atoms with Crippen LogP contribution < -0.4 is 11.1 Å². The minimum atomic E-state index is 0.183. The maximum atomic E-state index is 9.31. The normalized spacial score (nSPS) is 10.5. The van der Waals surface area contributed by atoms with Gasteiger partial charge < -0.3 is 16.2 Å². The van der Waals surface area contributed by atoms with Crippen LogP contribution in [-0.4, -0.2) is 20.1 Å². The van der Waals surface area contributed by atoms with Crippen molar-refractivity contribution in [3.8, 4) is 5.75 Å². The average molecular weight is 339 g/mol. The average Bonchev–Trinajstić information content (AvgIpc) is 2.56. The molecule has 3 aromatic rings. The third-order valence-corrected chi connectivity index (χ3v) is 4.30. The van der Waals surface area contributed by atoms with Crippen LogP contribution in [0.5, 0.6) is 5.75 Å². The van der Waals surface area contributed by atoms with Crippen molar-refractivity contribution in [3.05, 3.63) is 59.9 Å². The summed E-state index contributed by atoms with van der Waals surface area (Å²) in [6, 6.07) is 14.9. The zero-order valence-electron chi connectivity index (χ0n) is 13.1. The summed E-state index contributed by atoms with van der Waals surface area (Å²) in [4.78, 5) is 13.7. The molecule has 2 aromatic carbocycles. The van der Waals surface area contributed by atoms with Crippen LogP contribution in [0, 0.1) is 6.92 Å². The Morgan fingerprint density at radius 3 is 2.54 bits per heavy atom. The Kier molecular flexibility index (Phi) is 4.81. The topological polar surface area (TPSA) is 97.0 Å². The molecule has 0 bridgehead atoms. The number of nitrogen functional groups attached to an aromatic ring is 1. The molecule has 0 amide bonds. The lowest BCUT2D eigenvalue weighted by molar-refractivity contribution is 0.475. The number of aromatic nitrogens is 3. The molecule has 24 heavy (non-hydrogen) atoms. The van der Waals surface area contributed by atoms with Gasteiger partial charge in [0.15, 0.2) is 0 Å². The van der Waals surface area contributed by atoms with Gasteiger partial charge in [0, 0.05) is 10.6 Å². The summed E-state index contributed by atoms with van der Waals surface area (Å²) >= 11 is 1.56. The molecule has 1 heterocycles. The first-order chi connectivity index (χ1) is 11.6. The Morgan fingerprint density at radius 2 is 1.79 bits per heavy atom. The molecule has 122 valence electrons. The van der Waals surface area contributed by atoms with E-state index < -0.39 is 0 Å². The smallest absolute Gasteiger partial charge is 0.232 e. The van der Waals surface area contributed by atoms with E-state index >= 15 is 0 Å². The number of nitrogens with one attached hydrogen (secondary N) is 1. The van der Waals surface area contributed by atoms with Gasteiger partial charge in [0.05, 0.1) is 5.75 Å². The third kappa shape index (κ3) is 4.14. The van der Waals surface area contributed by atoms with Crippen molar-refractivity contribution in [3.63, 3.8) is 0 Å². The highest BCUT2D eigenvalue weighted by molar-refractivity contribution is 7.98. The second kappa shape index (κ2) is 7.18. The minimum absolute atomic E-state index is 0.183. The lowest BCUT2D eigenvalue weighted by Gasteiger charge is -2.09. The van der Waals surface area contributed by atoms with Gasteiger partial charge in [-0.25, -0.2) is 0 Å². The van der Waals surface area contributed by atoms with E-state index in [-0.39, 0.29) is 11.7 Å². The van der Waals surface area contributed by atoms with Crippen LogP contribution in [-0.2, 0) is 5.75 Å². The predicted octanol–water partition coefficient (Wildman–Crippen LogP) is 3.50. The molecular weight excluding hydrogens is 322 g/mol. The molecule has 7 heteroatoms. The number of nitrogens with two attached hydrogens (primary N) is 1. The molecule has 6 nitrogen and oxygen atoms in total. The van der Waals surface area contributed by atoms with Crippen LogP contribution in [0.2, 0.25) is 0 Å². The molecule has 0 spiro atoms. The van der Waals surface area contributed by atoms with Crippen LogP contribution in [0.25, 0.3) is 0 Å². The minimum Gasteiger partial charge on any atom is -0.508 e. The van der Waals surface area contributed by atoms with E-state index in [2.05, 4.69) is 20.3 Å². The molecule has 0 fully saturated rings. The molecule has 1 aromatic heterocycles. The Bertz CT molecular complexity index is 839. The molecule has 0 aliphatic heterocycles. The molecule has 0 saturated carbocycles. The Balaban J connectivity index is 1.74. The second-order valence-corrected chi connectivity index (χ2v) is 6.20. The third-order valence-electron chi connectivity index (χ3n) is 3.30. The summed E-state index contributed by atoms with van der Waals surface area (Å²) in [5.74, 6) is 2.01. The fraction of sp³-hybridized carbons (Fsp3) is 0.118. The van der Waals surface area contributed by atoms with Gasteiger partial charge in [-0.1, -0.05) is 18.2 Å². The van der Waals surface area contributed by atoms with Gasteiger partial charge in [0.1, 0.15) is 11.6 Å². The first-order valence-corrected chi connectivity index (χ1v) is 8.33. The number of thioether (sulfide) groups is 1. The number of para-hydroxylation sites is 1. The van der Waals surface area contributed by atoms with Crippen molar-refractivity contribution >= 4 is 29.3 Å². The first kappa shape index (κ1) is 16.1.